The zero-order chi connectivity index (χ0) is 23.3. The van der Waals surface area contributed by atoms with Crippen molar-refractivity contribution in [1.82, 2.24) is 10.4 Å². The maximum absolute atomic E-state index is 13.6. The molecule has 0 radical (unpaired) electrons. The van der Waals surface area contributed by atoms with E-state index in [1.165, 1.54) is 17.1 Å². The first-order valence-corrected chi connectivity index (χ1v) is 11.2. The summed E-state index contributed by atoms with van der Waals surface area (Å²) in [5, 5.41) is 1.25. The highest BCUT2D eigenvalue weighted by molar-refractivity contribution is 9.10. The molecule has 3 aromatic rings. The maximum Gasteiger partial charge on any atom is 0.268 e. The van der Waals surface area contributed by atoms with Crippen LogP contribution in [0.1, 0.15) is 27.5 Å². The van der Waals surface area contributed by atoms with Crippen LogP contribution >= 0.6 is 15.9 Å². The van der Waals surface area contributed by atoms with Crippen LogP contribution in [0.3, 0.4) is 0 Å². The summed E-state index contributed by atoms with van der Waals surface area (Å²) in [6.07, 6.45) is 0. The van der Waals surface area contributed by atoms with Crippen LogP contribution in [0.25, 0.3) is 0 Å². The van der Waals surface area contributed by atoms with Gasteiger partial charge in [-0.2, -0.15) is 0 Å². The van der Waals surface area contributed by atoms with Crippen LogP contribution in [0.15, 0.2) is 77.3 Å². The molecule has 2 aliphatic rings. The Morgan fingerprint density at radius 1 is 0.970 bits per heavy atom. The Morgan fingerprint density at radius 3 is 2.39 bits per heavy atom. The SMILES string of the molecule is Cc1cccc(N2C(=O)[C@H]3[C@@H](C2=O)N(C(=O)c2cccc(Br)c2)N[C@H]3c2ccc(F)cc2)c1. The number of hydrogen-bond acceptors (Lipinski definition) is 4. The third kappa shape index (κ3) is 3.65. The van der Waals surface area contributed by atoms with Crippen molar-refractivity contribution in [3.63, 3.8) is 0 Å². The first kappa shape index (κ1) is 21.5. The lowest BCUT2D eigenvalue weighted by Gasteiger charge is -2.25. The van der Waals surface area contributed by atoms with Crippen molar-refractivity contribution in [3.05, 3.63) is 99.8 Å². The fourth-order valence-corrected chi connectivity index (χ4v) is 4.90. The summed E-state index contributed by atoms with van der Waals surface area (Å²) in [7, 11) is 0. The number of benzene rings is 3. The number of carbonyl (C=O) groups is 3. The summed E-state index contributed by atoms with van der Waals surface area (Å²) in [6, 6.07) is 18.0. The number of rotatable bonds is 3. The predicted octanol–water partition coefficient (Wildman–Crippen LogP) is 4.16. The van der Waals surface area contributed by atoms with Gasteiger partial charge in [0.1, 0.15) is 11.9 Å². The van der Waals surface area contributed by atoms with Gasteiger partial charge in [0.15, 0.2) is 0 Å². The second kappa shape index (κ2) is 8.20. The molecule has 2 fully saturated rings. The molecule has 2 saturated heterocycles. The molecule has 2 aliphatic heterocycles. The zero-order valence-electron chi connectivity index (χ0n) is 17.5. The number of nitrogens with zero attached hydrogens (tertiary/aromatic N) is 2. The van der Waals surface area contributed by atoms with Gasteiger partial charge in [0.25, 0.3) is 11.8 Å². The molecule has 0 unspecified atom stereocenters. The first-order valence-electron chi connectivity index (χ1n) is 10.4. The highest BCUT2D eigenvalue weighted by atomic mass is 79.9. The third-order valence-electron chi connectivity index (χ3n) is 6.01. The fraction of sp³-hybridized carbons (Fsp3) is 0.160. The molecule has 0 saturated carbocycles. The standard InChI is InChI=1S/C25H19BrFN3O3/c1-14-4-2-7-19(12-14)29-24(32)20-21(15-8-10-18(27)11-9-15)28-30(22(20)25(29)33)23(31)16-5-3-6-17(26)13-16/h2-13,20-22,28H,1H3/t20-,21+,22+/m1/s1. The van der Waals surface area contributed by atoms with E-state index in [0.29, 0.717) is 16.8 Å². The van der Waals surface area contributed by atoms with Gasteiger partial charge in [0, 0.05) is 10.0 Å². The van der Waals surface area contributed by atoms with Crippen molar-refractivity contribution in [1.29, 1.82) is 0 Å². The van der Waals surface area contributed by atoms with Gasteiger partial charge in [-0.25, -0.2) is 14.7 Å². The summed E-state index contributed by atoms with van der Waals surface area (Å²) in [4.78, 5) is 41.7. The Balaban J connectivity index is 1.59. The van der Waals surface area contributed by atoms with E-state index in [4.69, 9.17) is 0 Å². The van der Waals surface area contributed by atoms with Crippen molar-refractivity contribution >= 4 is 39.3 Å². The van der Waals surface area contributed by atoms with Gasteiger partial charge in [-0.3, -0.25) is 19.4 Å². The molecule has 33 heavy (non-hydrogen) atoms. The number of hydrazine groups is 1. The highest BCUT2D eigenvalue weighted by Crippen LogP contribution is 2.42. The molecule has 3 atom stereocenters. The average molecular weight is 508 g/mol. The largest absolute Gasteiger partial charge is 0.274 e. The quantitative estimate of drug-likeness (QED) is 0.540. The smallest absolute Gasteiger partial charge is 0.268 e. The summed E-state index contributed by atoms with van der Waals surface area (Å²) in [5.74, 6) is -2.56. The summed E-state index contributed by atoms with van der Waals surface area (Å²) in [5.41, 5.74) is 5.42. The number of aryl methyl sites for hydroxylation is 1. The number of fused-ring (bicyclic) bond motifs is 1. The molecule has 5 rings (SSSR count). The summed E-state index contributed by atoms with van der Waals surface area (Å²) >= 11 is 3.36. The van der Waals surface area contributed by atoms with Crippen molar-refractivity contribution in [2.75, 3.05) is 4.90 Å². The number of halogens is 2. The molecule has 3 amide bonds. The van der Waals surface area contributed by atoms with Gasteiger partial charge < -0.3 is 0 Å². The van der Waals surface area contributed by atoms with E-state index in [-0.39, 0.29) is 0 Å². The van der Waals surface area contributed by atoms with Crippen LogP contribution in [-0.2, 0) is 9.59 Å². The van der Waals surface area contributed by atoms with Crippen molar-refractivity contribution < 1.29 is 18.8 Å². The van der Waals surface area contributed by atoms with E-state index in [9.17, 15) is 18.8 Å². The minimum atomic E-state index is -1.03. The molecular weight excluding hydrogens is 489 g/mol. The number of nitrogens with one attached hydrogen (secondary N) is 1. The van der Waals surface area contributed by atoms with Gasteiger partial charge >= 0.3 is 0 Å². The predicted molar refractivity (Wildman–Crippen MR) is 124 cm³/mol. The van der Waals surface area contributed by atoms with Crippen LogP contribution in [0.2, 0.25) is 0 Å². The number of anilines is 1. The molecule has 0 aromatic heterocycles. The lowest BCUT2D eigenvalue weighted by molar-refractivity contribution is -0.123. The van der Waals surface area contributed by atoms with E-state index in [1.54, 1.807) is 54.6 Å². The van der Waals surface area contributed by atoms with E-state index >= 15 is 0 Å². The molecule has 2 heterocycles. The van der Waals surface area contributed by atoms with Gasteiger partial charge in [0.05, 0.1) is 17.6 Å². The molecule has 8 heteroatoms. The molecule has 3 aromatic carbocycles. The Bertz CT molecular complexity index is 1280. The van der Waals surface area contributed by atoms with Crippen LogP contribution < -0.4 is 10.3 Å². The first-order chi connectivity index (χ1) is 15.8. The second-order valence-corrected chi connectivity index (χ2v) is 9.08. The van der Waals surface area contributed by atoms with Gasteiger partial charge in [-0.15, -0.1) is 0 Å². The molecule has 0 aliphatic carbocycles. The minimum Gasteiger partial charge on any atom is -0.274 e. The van der Waals surface area contributed by atoms with E-state index in [1.807, 2.05) is 13.0 Å². The molecule has 0 bridgehead atoms. The van der Waals surface area contributed by atoms with Gasteiger partial charge in [-0.1, -0.05) is 46.3 Å². The molecule has 0 spiro atoms. The van der Waals surface area contributed by atoms with Crippen LogP contribution in [0.4, 0.5) is 10.1 Å². The lowest BCUT2D eigenvalue weighted by Crippen LogP contribution is -2.48. The topological polar surface area (TPSA) is 69.7 Å². The van der Waals surface area contributed by atoms with E-state index in [2.05, 4.69) is 21.4 Å². The summed E-state index contributed by atoms with van der Waals surface area (Å²) in [6.45, 7) is 1.88. The Morgan fingerprint density at radius 2 is 1.70 bits per heavy atom. The second-order valence-electron chi connectivity index (χ2n) is 8.17. The molecule has 166 valence electrons. The van der Waals surface area contributed by atoms with E-state index < -0.39 is 41.5 Å². The number of carbonyl (C=O) groups excluding carboxylic acids is 3. The molecular formula is C25H19BrFN3O3. The number of amides is 3. The van der Waals surface area contributed by atoms with Crippen LogP contribution in [0.5, 0.6) is 0 Å². The fourth-order valence-electron chi connectivity index (χ4n) is 4.50. The van der Waals surface area contributed by atoms with Crippen molar-refractivity contribution in [2.45, 2.75) is 19.0 Å². The van der Waals surface area contributed by atoms with Crippen LogP contribution in [-0.4, -0.2) is 28.8 Å². The number of hydrogen-bond donors (Lipinski definition) is 1. The van der Waals surface area contributed by atoms with E-state index in [0.717, 1.165) is 14.9 Å². The monoisotopic (exact) mass is 507 g/mol. The van der Waals surface area contributed by atoms with Crippen LogP contribution in [0, 0.1) is 18.7 Å². The maximum atomic E-state index is 13.6. The normalized spacial score (nSPS) is 22.1. The highest BCUT2D eigenvalue weighted by Gasteiger charge is 2.60. The Kier molecular flexibility index (Phi) is 5.34. The van der Waals surface area contributed by atoms with Gasteiger partial charge in [0.2, 0.25) is 5.91 Å². The molecule has 6 nitrogen and oxygen atoms in total. The third-order valence-corrected chi connectivity index (χ3v) is 6.51. The van der Waals surface area contributed by atoms with Crippen molar-refractivity contribution in [3.8, 4) is 0 Å². The summed E-state index contributed by atoms with van der Waals surface area (Å²) < 4.78 is 14.3. The van der Waals surface area contributed by atoms with Crippen molar-refractivity contribution in [2.24, 2.45) is 5.92 Å². The Hall–Kier alpha value is -3.36. The Labute approximate surface area is 198 Å². The minimum absolute atomic E-state index is 0.365. The zero-order valence-corrected chi connectivity index (χ0v) is 19.1. The molecule has 1 N–H and O–H groups in total. The average Bonchev–Trinajstić information content (AvgIpc) is 3.30. The lowest BCUT2D eigenvalue weighted by atomic mass is 9.91. The number of imide groups is 1. The van der Waals surface area contributed by atoms with Gasteiger partial charge in [-0.05, 0) is 60.5 Å².